The van der Waals surface area contributed by atoms with Gasteiger partial charge in [0.05, 0.1) is 35.0 Å². The van der Waals surface area contributed by atoms with E-state index in [1.807, 2.05) is 11.0 Å². The fraction of sp³-hybridized carbons (Fsp3) is 0.583. The van der Waals surface area contributed by atoms with Gasteiger partial charge in [0.1, 0.15) is 11.4 Å². The highest BCUT2D eigenvalue weighted by molar-refractivity contribution is 5.96. The molecule has 0 radical (unpaired) electrons. The Hall–Kier alpha value is -3.17. The summed E-state index contributed by atoms with van der Waals surface area (Å²) in [6, 6.07) is 1.83. The number of rotatable bonds is 5. The lowest BCUT2D eigenvalue weighted by atomic mass is 10.0. The summed E-state index contributed by atoms with van der Waals surface area (Å²) in [5.74, 6) is 0.850. The van der Waals surface area contributed by atoms with Crippen molar-refractivity contribution in [3.8, 4) is 11.4 Å². The minimum atomic E-state index is -1.41. The lowest BCUT2D eigenvalue weighted by Gasteiger charge is -2.36. The number of hydrogen-bond acceptors (Lipinski definition) is 5. The summed E-state index contributed by atoms with van der Waals surface area (Å²) in [6.07, 6.45) is 10.0. The highest BCUT2D eigenvalue weighted by atomic mass is 19.1. The first-order valence-corrected chi connectivity index (χ1v) is 12.3. The highest BCUT2D eigenvalue weighted by Crippen LogP contribution is 2.48. The number of amides is 2. The molecule has 1 spiro atoms. The summed E-state index contributed by atoms with van der Waals surface area (Å²) >= 11 is 0. The maximum Gasteiger partial charge on any atom is 0.322 e. The van der Waals surface area contributed by atoms with E-state index in [1.165, 1.54) is 6.42 Å². The summed E-state index contributed by atoms with van der Waals surface area (Å²) in [6.45, 7) is 5.94. The number of alkyl halides is 1. The Morgan fingerprint density at radius 2 is 2.00 bits per heavy atom. The number of likely N-dealkylation sites (tertiary alicyclic amines) is 1. The third-order valence-corrected chi connectivity index (χ3v) is 7.35. The monoisotopic (exact) mass is 466 g/mol. The SMILES string of the molecule is CC(C)(F)Cn1nc(N2CCC2)c2cnc(-c3[nH]ncc3NC(=O)N3CCCCC34CC4)cc21. The second kappa shape index (κ2) is 7.68. The number of nitrogens with zero attached hydrogens (tertiary/aromatic N) is 6. The van der Waals surface area contributed by atoms with Crippen molar-refractivity contribution in [1.82, 2.24) is 29.9 Å². The molecule has 0 atom stereocenters. The Kier molecular flexibility index (Phi) is 4.82. The molecule has 1 aliphatic carbocycles. The van der Waals surface area contributed by atoms with Crippen LogP contribution >= 0.6 is 0 Å². The van der Waals surface area contributed by atoms with Crippen molar-refractivity contribution in [1.29, 1.82) is 0 Å². The maximum absolute atomic E-state index is 14.6. The van der Waals surface area contributed by atoms with Crippen molar-refractivity contribution >= 4 is 28.4 Å². The number of carbonyl (C=O) groups is 1. The molecule has 10 heteroatoms. The van der Waals surface area contributed by atoms with Crippen LogP contribution in [-0.4, -0.2) is 66.7 Å². The van der Waals surface area contributed by atoms with Gasteiger partial charge in [-0.2, -0.15) is 10.2 Å². The van der Waals surface area contributed by atoms with E-state index < -0.39 is 5.67 Å². The molecule has 1 saturated carbocycles. The summed E-state index contributed by atoms with van der Waals surface area (Å²) in [7, 11) is 0. The number of H-pyrrole nitrogens is 1. The Morgan fingerprint density at radius 3 is 2.71 bits per heavy atom. The first kappa shape index (κ1) is 21.4. The van der Waals surface area contributed by atoms with Gasteiger partial charge in [-0.3, -0.25) is 14.8 Å². The van der Waals surface area contributed by atoms with Crippen LogP contribution in [0.5, 0.6) is 0 Å². The zero-order valence-corrected chi connectivity index (χ0v) is 19.8. The van der Waals surface area contributed by atoms with Gasteiger partial charge >= 0.3 is 6.03 Å². The topological polar surface area (TPSA) is 95.0 Å². The first-order valence-electron chi connectivity index (χ1n) is 12.3. The van der Waals surface area contributed by atoms with Crippen molar-refractivity contribution in [2.24, 2.45) is 0 Å². The number of pyridine rings is 1. The molecule has 180 valence electrons. The standard InChI is InChI=1S/C24H31FN8O/c1-23(2,25)15-33-19-12-17(26-13-16(19)21(30-33)31-9-5-10-31)20-18(14-27-29-20)28-22(34)32-11-4-3-6-24(32)7-8-24/h12-14H,3-11,15H2,1-2H3,(H,27,29)(H,28,34). The number of fused-ring (bicyclic) bond motifs is 1. The van der Waals surface area contributed by atoms with Crippen LogP contribution in [0, 0.1) is 0 Å². The lowest BCUT2D eigenvalue weighted by molar-refractivity contribution is 0.151. The van der Waals surface area contributed by atoms with Gasteiger partial charge in [0.25, 0.3) is 0 Å². The first-order chi connectivity index (χ1) is 16.3. The van der Waals surface area contributed by atoms with Crippen molar-refractivity contribution in [3.63, 3.8) is 0 Å². The van der Waals surface area contributed by atoms with Crippen molar-refractivity contribution in [2.45, 2.75) is 70.1 Å². The summed E-state index contributed by atoms with van der Waals surface area (Å²) in [4.78, 5) is 22.0. The van der Waals surface area contributed by atoms with Crippen molar-refractivity contribution in [3.05, 3.63) is 18.5 Å². The molecule has 3 aromatic rings. The van der Waals surface area contributed by atoms with Crippen LogP contribution in [0.25, 0.3) is 22.3 Å². The van der Waals surface area contributed by atoms with Gasteiger partial charge in [-0.15, -0.1) is 0 Å². The molecule has 2 aliphatic heterocycles. The van der Waals surface area contributed by atoms with E-state index in [-0.39, 0.29) is 18.1 Å². The Bertz CT molecular complexity index is 1230. The second-order valence-electron chi connectivity index (χ2n) is 10.5. The lowest BCUT2D eigenvalue weighted by Crippen LogP contribution is -2.47. The van der Waals surface area contributed by atoms with E-state index in [2.05, 4.69) is 25.4 Å². The van der Waals surface area contributed by atoms with Crippen LogP contribution in [0.15, 0.2) is 18.5 Å². The van der Waals surface area contributed by atoms with E-state index in [0.29, 0.717) is 17.1 Å². The average Bonchev–Trinajstić information content (AvgIpc) is 3.21. The number of aromatic amines is 1. The average molecular weight is 467 g/mol. The number of carbonyl (C=O) groups excluding carboxylic acids is 1. The predicted octanol–water partition coefficient (Wildman–Crippen LogP) is 4.33. The molecule has 3 fully saturated rings. The maximum atomic E-state index is 14.6. The van der Waals surface area contributed by atoms with Crippen molar-refractivity contribution in [2.75, 3.05) is 29.9 Å². The largest absolute Gasteiger partial charge is 0.354 e. The van der Waals surface area contributed by atoms with Crippen molar-refractivity contribution < 1.29 is 9.18 Å². The highest BCUT2D eigenvalue weighted by Gasteiger charge is 2.51. The molecule has 34 heavy (non-hydrogen) atoms. The van der Waals surface area contributed by atoms with Gasteiger partial charge < -0.3 is 15.1 Å². The molecule has 9 nitrogen and oxygen atoms in total. The fourth-order valence-electron chi connectivity index (χ4n) is 5.26. The van der Waals surface area contributed by atoms with Crippen LogP contribution < -0.4 is 10.2 Å². The molecule has 6 rings (SSSR count). The molecule has 5 heterocycles. The Morgan fingerprint density at radius 1 is 1.18 bits per heavy atom. The molecule has 2 N–H and O–H groups in total. The number of urea groups is 1. The van der Waals surface area contributed by atoms with E-state index in [0.717, 1.165) is 68.5 Å². The summed E-state index contributed by atoms with van der Waals surface area (Å²) in [5, 5.41) is 15.9. The third kappa shape index (κ3) is 3.69. The number of aromatic nitrogens is 5. The molecule has 3 aromatic heterocycles. The second-order valence-corrected chi connectivity index (χ2v) is 10.5. The molecular formula is C24H31FN8O. The van der Waals surface area contributed by atoms with Gasteiger partial charge in [-0.25, -0.2) is 9.18 Å². The van der Waals surface area contributed by atoms with E-state index >= 15 is 0 Å². The molecule has 0 bridgehead atoms. The number of anilines is 2. The number of piperidine rings is 1. The molecule has 0 aromatic carbocycles. The van der Waals surface area contributed by atoms with Crippen LogP contribution in [0.4, 0.5) is 20.7 Å². The van der Waals surface area contributed by atoms with Gasteiger partial charge in [-0.1, -0.05) is 0 Å². The van der Waals surface area contributed by atoms with E-state index in [1.54, 1.807) is 30.9 Å². The molecular weight excluding hydrogens is 435 g/mol. The van der Waals surface area contributed by atoms with Gasteiger partial charge in [0.15, 0.2) is 5.82 Å². The molecule has 2 amide bonds. The molecule has 0 unspecified atom stereocenters. The predicted molar refractivity (Wildman–Crippen MR) is 129 cm³/mol. The molecule has 2 saturated heterocycles. The summed E-state index contributed by atoms with van der Waals surface area (Å²) < 4.78 is 16.3. The zero-order valence-electron chi connectivity index (χ0n) is 19.8. The van der Waals surface area contributed by atoms with Gasteiger partial charge in [0, 0.05) is 31.4 Å². The van der Waals surface area contributed by atoms with E-state index in [4.69, 9.17) is 5.10 Å². The van der Waals surface area contributed by atoms with Crippen LogP contribution in [0.3, 0.4) is 0 Å². The zero-order chi connectivity index (χ0) is 23.5. The number of halogens is 1. The van der Waals surface area contributed by atoms with E-state index in [9.17, 15) is 9.18 Å². The number of hydrogen-bond donors (Lipinski definition) is 2. The van der Waals surface area contributed by atoms with Crippen LogP contribution in [0.2, 0.25) is 0 Å². The fourth-order valence-corrected chi connectivity index (χ4v) is 5.26. The normalized spacial score (nSPS) is 19.5. The number of nitrogens with one attached hydrogen (secondary N) is 2. The van der Waals surface area contributed by atoms with Gasteiger partial charge in [0.2, 0.25) is 0 Å². The molecule has 3 aliphatic rings. The Balaban J connectivity index is 1.32. The minimum Gasteiger partial charge on any atom is -0.354 e. The Labute approximate surface area is 197 Å². The minimum absolute atomic E-state index is 0.0579. The quantitative estimate of drug-likeness (QED) is 0.584. The van der Waals surface area contributed by atoms with Crippen LogP contribution in [-0.2, 0) is 6.54 Å². The van der Waals surface area contributed by atoms with Crippen LogP contribution in [0.1, 0.15) is 52.4 Å². The third-order valence-electron chi connectivity index (χ3n) is 7.35. The van der Waals surface area contributed by atoms with Gasteiger partial charge in [-0.05, 0) is 58.4 Å². The summed E-state index contributed by atoms with van der Waals surface area (Å²) in [5.41, 5.74) is 1.33. The smallest absolute Gasteiger partial charge is 0.322 e.